The van der Waals surface area contributed by atoms with Crippen molar-refractivity contribution in [1.29, 1.82) is 0 Å². The zero-order valence-corrected chi connectivity index (χ0v) is 11.8. The zero-order chi connectivity index (χ0) is 15.0. The monoisotopic (exact) mass is 301 g/mol. The Hall–Kier alpha value is -1.47. The number of carbonyl (C=O) groups is 1. The van der Waals surface area contributed by atoms with Crippen LogP contribution in [0, 0.1) is 5.82 Å². The molecule has 0 aromatic heterocycles. The molecule has 0 aliphatic heterocycles. The predicted molar refractivity (Wildman–Crippen MR) is 70.6 cm³/mol. The van der Waals surface area contributed by atoms with Crippen molar-refractivity contribution in [3.8, 4) is 0 Å². The molecule has 20 heavy (non-hydrogen) atoms. The molecule has 5 nitrogen and oxygen atoms in total. The van der Waals surface area contributed by atoms with Gasteiger partial charge < -0.3 is 5.11 Å². The van der Waals surface area contributed by atoms with Crippen LogP contribution in [0.4, 0.5) is 4.39 Å². The van der Waals surface area contributed by atoms with Gasteiger partial charge in [-0.3, -0.25) is 0 Å². The molecule has 0 unspecified atom stereocenters. The molecule has 1 saturated carbocycles. The fourth-order valence-electron chi connectivity index (χ4n) is 2.32. The van der Waals surface area contributed by atoms with Gasteiger partial charge in [0.2, 0.25) is 10.0 Å². The maximum absolute atomic E-state index is 13.8. The van der Waals surface area contributed by atoms with E-state index in [1.807, 2.05) is 6.92 Å². The van der Waals surface area contributed by atoms with Crippen molar-refractivity contribution in [1.82, 2.24) is 4.72 Å². The quantitative estimate of drug-likeness (QED) is 0.872. The molecule has 0 spiro atoms. The molecule has 2 rings (SSSR count). The Kier molecular flexibility index (Phi) is 3.84. The second kappa shape index (κ2) is 5.14. The van der Waals surface area contributed by atoms with Gasteiger partial charge in [0.25, 0.3) is 0 Å². The molecule has 110 valence electrons. The van der Waals surface area contributed by atoms with Crippen LogP contribution >= 0.6 is 0 Å². The number of carboxylic acids is 1. The second-order valence-electron chi connectivity index (χ2n) is 5.04. The first-order valence-electron chi connectivity index (χ1n) is 6.36. The lowest BCUT2D eigenvalue weighted by Crippen LogP contribution is -2.52. The number of rotatable bonds is 5. The highest BCUT2D eigenvalue weighted by molar-refractivity contribution is 7.89. The van der Waals surface area contributed by atoms with Crippen LogP contribution in [-0.4, -0.2) is 25.0 Å². The minimum Gasteiger partial charge on any atom is -0.478 e. The van der Waals surface area contributed by atoms with E-state index in [0.717, 1.165) is 37.5 Å². The smallest absolute Gasteiger partial charge is 0.335 e. The summed E-state index contributed by atoms with van der Waals surface area (Å²) in [6, 6.07) is 2.79. The molecule has 0 bridgehead atoms. The number of benzene rings is 1. The van der Waals surface area contributed by atoms with Crippen LogP contribution in [0.15, 0.2) is 23.1 Å². The van der Waals surface area contributed by atoms with Crippen molar-refractivity contribution < 1.29 is 22.7 Å². The van der Waals surface area contributed by atoms with Crippen molar-refractivity contribution in [2.45, 2.75) is 43.0 Å². The lowest BCUT2D eigenvalue weighted by molar-refractivity contribution is 0.0696. The fraction of sp³-hybridized carbons (Fsp3) is 0.462. The topological polar surface area (TPSA) is 83.5 Å². The molecule has 0 atom stereocenters. The zero-order valence-electron chi connectivity index (χ0n) is 11.0. The third-order valence-corrected chi connectivity index (χ3v) is 5.42. The molecule has 0 heterocycles. The summed E-state index contributed by atoms with van der Waals surface area (Å²) in [6.07, 6.45) is 3.05. The largest absolute Gasteiger partial charge is 0.478 e. The van der Waals surface area contributed by atoms with Gasteiger partial charge >= 0.3 is 5.97 Å². The van der Waals surface area contributed by atoms with Gasteiger partial charge in [-0.2, -0.15) is 0 Å². The van der Waals surface area contributed by atoms with Gasteiger partial charge in [-0.05, 0) is 43.9 Å². The van der Waals surface area contributed by atoms with Crippen LogP contribution in [0.5, 0.6) is 0 Å². The third-order valence-electron chi connectivity index (χ3n) is 3.81. The Morgan fingerprint density at radius 3 is 2.50 bits per heavy atom. The van der Waals surface area contributed by atoms with Gasteiger partial charge in [0.1, 0.15) is 10.7 Å². The van der Waals surface area contributed by atoms with E-state index in [1.165, 1.54) is 0 Å². The van der Waals surface area contributed by atoms with Crippen molar-refractivity contribution in [2.24, 2.45) is 0 Å². The van der Waals surface area contributed by atoms with Gasteiger partial charge in [-0.25, -0.2) is 22.3 Å². The Labute approximate surface area is 116 Å². The van der Waals surface area contributed by atoms with Gasteiger partial charge in [0.15, 0.2) is 0 Å². The van der Waals surface area contributed by atoms with Crippen LogP contribution in [-0.2, 0) is 10.0 Å². The standard InChI is InChI=1S/C13H16FNO4S/c1-2-13(6-3-7-13)15-20(18,19)11-5-4-9(12(16)17)8-10(11)14/h4-5,8,15H,2-3,6-7H2,1H3,(H,16,17). The molecule has 1 aliphatic rings. The minimum absolute atomic E-state index is 0.282. The molecule has 2 N–H and O–H groups in total. The summed E-state index contributed by atoms with van der Waals surface area (Å²) >= 11 is 0. The van der Waals surface area contributed by atoms with Crippen LogP contribution in [0.2, 0.25) is 0 Å². The molecule has 1 aromatic carbocycles. The van der Waals surface area contributed by atoms with Gasteiger partial charge in [-0.1, -0.05) is 6.92 Å². The fourth-order valence-corrected chi connectivity index (χ4v) is 3.91. The maximum Gasteiger partial charge on any atom is 0.335 e. The lowest BCUT2D eigenvalue weighted by Gasteiger charge is -2.41. The van der Waals surface area contributed by atoms with E-state index in [2.05, 4.69) is 4.72 Å². The molecule has 7 heteroatoms. The van der Waals surface area contributed by atoms with Crippen LogP contribution < -0.4 is 4.72 Å². The number of hydrogen-bond acceptors (Lipinski definition) is 3. The summed E-state index contributed by atoms with van der Waals surface area (Å²) in [5.74, 6) is -2.35. The second-order valence-corrected chi connectivity index (χ2v) is 6.69. The molecule has 1 aromatic rings. The molecular weight excluding hydrogens is 285 g/mol. The SMILES string of the molecule is CCC1(NS(=O)(=O)c2ccc(C(=O)O)cc2F)CCC1. The van der Waals surface area contributed by atoms with E-state index >= 15 is 0 Å². The molecule has 1 aliphatic carbocycles. The molecule has 1 fully saturated rings. The predicted octanol–water partition coefficient (Wildman–Crippen LogP) is 2.13. The number of nitrogens with one attached hydrogen (secondary N) is 1. The number of sulfonamides is 1. The summed E-state index contributed by atoms with van der Waals surface area (Å²) < 4.78 is 40.8. The number of hydrogen-bond donors (Lipinski definition) is 2. The summed E-state index contributed by atoms with van der Waals surface area (Å²) in [5, 5.41) is 8.74. The van der Waals surface area contributed by atoms with E-state index in [0.29, 0.717) is 6.42 Å². The normalized spacial score (nSPS) is 17.5. The first-order chi connectivity index (χ1) is 9.30. The van der Waals surface area contributed by atoms with E-state index < -0.39 is 32.2 Å². The molecule has 0 radical (unpaired) electrons. The van der Waals surface area contributed by atoms with E-state index in [9.17, 15) is 17.6 Å². The van der Waals surface area contributed by atoms with Crippen molar-refractivity contribution in [3.63, 3.8) is 0 Å². The average molecular weight is 301 g/mol. The summed E-state index contributed by atoms with van der Waals surface area (Å²) in [5.41, 5.74) is -0.771. The van der Waals surface area contributed by atoms with Crippen molar-refractivity contribution in [2.75, 3.05) is 0 Å². The van der Waals surface area contributed by atoms with E-state index in [-0.39, 0.29) is 5.56 Å². The van der Waals surface area contributed by atoms with E-state index in [1.54, 1.807) is 0 Å². The Morgan fingerprint density at radius 2 is 2.10 bits per heavy atom. The van der Waals surface area contributed by atoms with Crippen LogP contribution in [0.3, 0.4) is 0 Å². The third kappa shape index (κ3) is 2.69. The number of aromatic carboxylic acids is 1. The van der Waals surface area contributed by atoms with Crippen LogP contribution in [0.25, 0.3) is 0 Å². The summed E-state index contributed by atoms with van der Waals surface area (Å²) in [6.45, 7) is 1.88. The number of carboxylic acid groups (broad SMARTS) is 1. The maximum atomic E-state index is 13.8. The van der Waals surface area contributed by atoms with Crippen LogP contribution in [0.1, 0.15) is 43.0 Å². The van der Waals surface area contributed by atoms with Crippen molar-refractivity contribution in [3.05, 3.63) is 29.6 Å². The van der Waals surface area contributed by atoms with Gasteiger partial charge in [0.05, 0.1) is 5.56 Å². The Balaban J connectivity index is 2.32. The summed E-state index contributed by atoms with van der Waals surface area (Å²) in [4.78, 5) is 10.2. The highest BCUT2D eigenvalue weighted by Gasteiger charge is 2.39. The highest BCUT2D eigenvalue weighted by atomic mass is 32.2. The van der Waals surface area contributed by atoms with Gasteiger partial charge in [-0.15, -0.1) is 0 Å². The summed E-state index contributed by atoms with van der Waals surface area (Å²) in [7, 11) is -3.98. The molecule has 0 saturated heterocycles. The average Bonchev–Trinajstić information content (AvgIpc) is 2.33. The van der Waals surface area contributed by atoms with Crippen molar-refractivity contribution >= 4 is 16.0 Å². The first-order valence-corrected chi connectivity index (χ1v) is 7.85. The number of halogens is 1. The van der Waals surface area contributed by atoms with Gasteiger partial charge in [0, 0.05) is 5.54 Å². The van der Waals surface area contributed by atoms with E-state index in [4.69, 9.17) is 5.11 Å². The lowest BCUT2D eigenvalue weighted by atomic mass is 9.76. The first kappa shape index (κ1) is 14.9. The Morgan fingerprint density at radius 1 is 1.45 bits per heavy atom. The Bertz CT molecular complexity index is 632. The molecule has 0 amide bonds. The highest BCUT2D eigenvalue weighted by Crippen LogP contribution is 2.36. The minimum atomic E-state index is -3.98. The molecular formula is C13H16FNO4S.